The summed E-state index contributed by atoms with van der Waals surface area (Å²) in [6.07, 6.45) is 7.50. The van der Waals surface area contributed by atoms with Crippen LogP contribution in [0.2, 0.25) is 0 Å². The first-order valence-electron chi connectivity index (χ1n) is 5.26. The van der Waals surface area contributed by atoms with E-state index in [4.69, 9.17) is 4.42 Å². The highest BCUT2D eigenvalue weighted by Gasteiger charge is 2.16. The highest BCUT2D eigenvalue weighted by atomic mass is 16.3. The topological polar surface area (TPSA) is 67.2 Å². The molecule has 0 bridgehead atoms. The second-order valence-electron chi connectivity index (χ2n) is 3.79. The molecule has 15 heavy (non-hydrogen) atoms. The maximum Gasteiger partial charge on any atom is 0.315 e. The summed E-state index contributed by atoms with van der Waals surface area (Å²) < 4.78 is 4.80. The van der Waals surface area contributed by atoms with Gasteiger partial charge in [0.05, 0.1) is 12.2 Å². The van der Waals surface area contributed by atoms with E-state index in [-0.39, 0.29) is 6.03 Å². The van der Waals surface area contributed by atoms with Gasteiger partial charge in [-0.05, 0) is 12.8 Å². The van der Waals surface area contributed by atoms with Crippen LogP contribution in [0, 0.1) is 0 Å². The van der Waals surface area contributed by atoms with E-state index in [1.165, 1.54) is 25.5 Å². The molecule has 1 aliphatic carbocycles. The molecular weight excluding hydrogens is 194 g/mol. The predicted octanol–water partition coefficient (Wildman–Crippen LogP) is 1.42. The summed E-state index contributed by atoms with van der Waals surface area (Å²) in [6.45, 7) is 0.412. The Morgan fingerprint density at radius 1 is 1.53 bits per heavy atom. The summed E-state index contributed by atoms with van der Waals surface area (Å²) in [5, 5.41) is 5.67. The summed E-state index contributed by atoms with van der Waals surface area (Å²) in [7, 11) is 0. The van der Waals surface area contributed by atoms with Crippen molar-refractivity contribution < 1.29 is 9.21 Å². The molecule has 1 fully saturated rings. The lowest BCUT2D eigenvalue weighted by molar-refractivity contribution is 0.236. The second kappa shape index (κ2) is 4.82. The van der Waals surface area contributed by atoms with Crippen molar-refractivity contribution >= 4 is 6.03 Å². The van der Waals surface area contributed by atoms with Crippen molar-refractivity contribution in [2.24, 2.45) is 0 Å². The molecule has 0 atom stereocenters. The summed E-state index contributed by atoms with van der Waals surface area (Å²) in [5.74, 6) is 0. The van der Waals surface area contributed by atoms with E-state index in [1.807, 2.05) is 0 Å². The zero-order valence-electron chi connectivity index (χ0n) is 8.53. The van der Waals surface area contributed by atoms with Gasteiger partial charge in [-0.1, -0.05) is 12.8 Å². The van der Waals surface area contributed by atoms with Crippen LogP contribution in [-0.4, -0.2) is 17.1 Å². The quantitative estimate of drug-likeness (QED) is 0.791. The first kappa shape index (κ1) is 10.0. The van der Waals surface area contributed by atoms with E-state index in [2.05, 4.69) is 15.6 Å². The molecule has 5 nitrogen and oxygen atoms in total. The molecule has 0 radical (unpaired) electrons. The van der Waals surface area contributed by atoms with Gasteiger partial charge in [0.15, 0.2) is 6.39 Å². The van der Waals surface area contributed by atoms with Gasteiger partial charge in [-0.25, -0.2) is 9.78 Å². The van der Waals surface area contributed by atoms with Crippen LogP contribution >= 0.6 is 0 Å². The lowest BCUT2D eigenvalue weighted by atomic mass is 10.2. The number of amides is 2. The first-order chi connectivity index (χ1) is 7.34. The number of aromatic nitrogens is 1. The van der Waals surface area contributed by atoms with Crippen LogP contribution < -0.4 is 10.6 Å². The van der Waals surface area contributed by atoms with Gasteiger partial charge in [0.2, 0.25) is 0 Å². The molecule has 2 N–H and O–H groups in total. The smallest absolute Gasteiger partial charge is 0.315 e. The fourth-order valence-electron chi connectivity index (χ4n) is 1.80. The zero-order valence-corrected chi connectivity index (χ0v) is 8.53. The van der Waals surface area contributed by atoms with Crippen molar-refractivity contribution in [1.82, 2.24) is 15.6 Å². The maximum atomic E-state index is 11.4. The minimum atomic E-state index is -0.120. The average Bonchev–Trinajstić information content (AvgIpc) is 2.86. The van der Waals surface area contributed by atoms with Crippen LogP contribution in [0.4, 0.5) is 4.79 Å². The number of hydrogen-bond donors (Lipinski definition) is 2. The SMILES string of the molecule is O=C(NCc1cocn1)NC1CCCC1. The van der Waals surface area contributed by atoms with Crippen LogP contribution in [0.1, 0.15) is 31.4 Å². The maximum absolute atomic E-state index is 11.4. The molecule has 0 saturated heterocycles. The number of urea groups is 1. The van der Waals surface area contributed by atoms with Gasteiger partial charge in [-0.2, -0.15) is 0 Å². The molecule has 1 aromatic rings. The Kier molecular flexibility index (Phi) is 3.22. The normalized spacial score (nSPS) is 16.5. The molecule has 1 saturated carbocycles. The highest BCUT2D eigenvalue weighted by Crippen LogP contribution is 2.17. The standard InChI is InChI=1S/C10H15N3O2/c14-10(13-8-3-1-2-4-8)11-5-9-6-15-7-12-9/h6-8H,1-5H2,(H2,11,13,14). The zero-order chi connectivity index (χ0) is 10.5. The molecule has 0 spiro atoms. The highest BCUT2D eigenvalue weighted by molar-refractivity contribution is 5.74. The Labute approximate surface area is 88.3 Å². The summed E-state index contributed by atoms with van der Waals surface area (Å²) in [4.78, 5) is 15.3. The van der Waals surface area contributed by atoms with Crippen molar-refractivity contribution in [2.75, 3.05) is 0 Å². The van der Waals surface area contributed by atoms with Gasteiger partial charge < -0.3 is 15.1 Å². The molecule has 2 rings (SSSR count). The minimum absolute atomic E-state index is 0.120. The Morgan fingerprint density at radius 3 is 3.00 bits per heavy atom. The monoisotopic (exact) mass is 209 g/mol. The third kappa shape index (κ3) is 2.97. The molecule has 82 valence electrons. The number of carbonyl (C=O) groups is 1. The van der Waals surface area contributed by atoms with E-state index in [9.17, 15) is 4.79 Å². The number of nitrogens with one attached hydrogen (secondary N) is 2. The van der Waals surface area contributed by atoms with Crippen LogP contribution in [0.5, 0.6) is 0 Å². The molecule has 1 aromatic heterocycles. The van der Waals surface area contributed by atoms with E-state index >= 15 is 0 Å². The van der Waals surface area contributed by atoms with Crippen LogP contribution in [0.15, 0.2) is 17.1 Å². The van der Waals surface area contributed by atoms with E-state index in [0.29, 0.717) is 12.6 Å². The summed E-state index contributed by atoms with van der Waals surface area (Å²) >= 11 is 0. The van der Waals surface area contributed by atoms with Gasteiger partial charge in [0.25, 0.3) is 0 Å². The van der Waals surface area contributed by atoms with Crippen molar-refractivity contribution in [3.05, 3.63) is 18.4 Å². The predicted molar refractivity (Wildman–Crippen MR) is 54.1 cm³/mol. The Hall–Kier alpha value is -1.52. The van der Waals surface area contributed by atoms with Crippen molar-refractivity contribution in [1.29, 1.82) is 0 Å². The molecule has 0 aromatic carbocycles. The Morgan fingerprint density at radius 2 is 2.33 bits per heavy atom. The third-order valence-electron chi connectivity index (χ3n) is 2.60. The van der Waals surface area contributed by atoms with Gasteiger partial charge >= 0.3 is 6.03 Å². The third-order valence-corrected chi connectivity index (χ3v) is 2.60. The van der Waals surface area contributed by atoms with Crippen molar-refractivity contribution in [2.45, 2.75) is 38.3 Å². The molecule has 1 aliphatic rings. The summed E-state index contributed by atoms with van der Waals surface area (Å²) in [5.41, 5.74) is 0.733. The minimum Gasteiger partial charge on any atom is -0.451 e. The molecule has 0 unspecified atom stereocenters. The molecule has 0 aliphatic heterocycles. The fourth-order valence-corrected chi connectivity index (χ4v) is 1.80. The van der Waals surface area contributed by atoms with Gasteiger partial charge in [0.1, 0.15) is 6.26 Å². The van der Waals surface area contributed by atoms with Crippen molar-refractivity contribution in [3.63, 3.8) is 0 Å². The average molecular weight is 209 g/mol. The second-order valence-corrected chi connectivity index (χ2v) is 3.79. The van der Waals surface area contributed by atoms with Gasteiger partial charge in [-0.15, -0.1) is 0 Å². The number of rotatable bonds is 3. The van der Waals surface area contributed by atoms with Crippen LogP contribution in [0.25, 0.3) is 0 Å². The van der Waals surface area contributed by atoms with Crippen LogP contribution in [-0.2, 0) is 6.54 Å². The van der Waals surface area contributed by atoms with E-state index in [0.717, 1.165) is 18.5 Å². The Balaban J connectivity index is 1.68. The first-order valence-corrected chi connectivity index (χ1v) is 5.26. The largest absolute Gasteiger partial charge is 0.451 e. The molecule has 5 heteroatoms. The van der Waals surface area contributed by atoms with Gasteiger partial charge in [0, 0.05) is 6.04 Å². The number of nitrogens with zero attached hydrogens (tertiary/aromatic N) is 1. The number of oxazole rings is 1. The lowest BCUT2D eigenvalue weighted by Crippen LogP contribution is -2.40. The number of hydrogen-bond acceptors (Lipinski definition) is 3. The fraction of sp³-hybridized carbons (Fsp3) is 0.600. The van der Waals surface area contributed by atoms with Crippen LogP contribution in [0.3, 0.4) is 0 Å². The molecular formula is C10H15N3O2. The lowest BCUT2D eigenvalue weighted by Gasteiger charge is -2.11. The van der Waals surface area contributed by atoms with Gasteiger partial charge in [-0.3, -0.25) is 0 Å². The molecule has 1 heterocycles. The summed E-state index contributed by atoms with van der Waals surface area (Å²) in [6, 6.07) is 0.229. The molecule has 2 amide bonds. The Bertz CT molecular complexity index is 304. The van der Waals surface area contributed by atoms with E-state index in [1.54, 1.807) is 0 Å². The van der Waals surface area contributed by atoms with Crippen molar-refractivity contribution in [3.8, 4) is 0 Å². The van der Waals surface area contributed by atoms with E-state index < -0.39 is 0 Å². The number of carbonyl (C=O) groups excluding carboxylic acids is 1.